The summed E-state index contributed by atoms with van der Waals surface area (Å²) in [5.74, 6) is -0.801. The molecule has 1 aromatic rings. The normalized spacial score (nSPS) is 17.6. The van der Waals surface area contributed by atoms with Crippen molar-refractivity contribution in [2.75, 3.05) is 0 Å². The van der Waals surface area contributed by atoms with E-state index in [-0.39, 0.29) is 17.6 Å². The highest BCUT2D eigenvalue weighted by molar-refractivity contribution is 5.90. The van der Waals surface area contributed by atoms with Gasteiger partial charge in [-0.3, -0.25) is 4.79 Å². The molecule has 1 aliphatic carbocycles. The molecule has 2 rings (SSSR count). The zero-order valence-corrected chi connectivity index (χ0v) is 12.4. The molecule has 0 bridgehead atoms. The fourth-order valence-corrected chi connectivity index (χ4v) is 2.50. The number of hydrogen-bond donors (Lipinski definition) is 1. The smallest absolute Gasteiger partial charge is 0.357 e. The number of nitrogens with one attached hydrogen (secondary N) is 1. The van der Waals surface area contributed by atoms with Gasteiger partial charge in [0.2, 0.25) is 0 Å². The lowest BCUT2D eigenvalue weighted by molar-refractivity contribution is -0.129. The number of carbonyl (C=O) groups is 2. The molecule has 1 atom stereocenters. The van der Waals surface area contributed by atoms with Crippen molar-refractivity contribution in [3.05, 3.63) is 30.1 Å². The number of rotatable bonds is 4. The summed E-state index contributed by atoms with van der Waals surface area (Å²) in [4.78, 5) is 27.8. The van der Waals surface area contributed by atoms with Crippen LogP contribution in [0.2, 0.25) is 0 Å². The molecule has 5 nitrogen and oxygen atoms in total. The topological polar surface area (TPSA) is 68.3 Å². The quantitative estimate of drug-likeness (QED) is 0.683. The van der Waals surface area contributed by atoms with E-state index in [1.54, 1.807) is 25.1 Å². The van der Waals surface area contributed by atoms with E-state index in [1.165, 1.54) is 19.0 Å². The van der Waals surface area contributed by atoms with Crippen LogP contribution in [0.5, 0.6) is 0 Å². The Morgan fingerprint density at radius 1 is 1.24 bits per heavy atom. The van der Waals surface area contributed by atoms with E-state index in [0.717, 1.165) is 25.7 Å². The van der Waals surface area contributed by atoms with Gasteiger partial charge in [0.25, 0.3) is 5.91 Å². The van der Waals surface area contributed by atoms with Gasteiger partial charge in [-0.1, -0.05) is 31.7 Å². The summed E-state index contributed by atoms with van der Waals surface area (Å²) in [5.41, 5.74) is 0.214. The number of aromatic nitrogens is 1. The van der Waals surface area contributed by atoms with Crippen molar-refractivity contribution in [3.8, 4) is 0 Å². The second-order valence-electron chi connectivity index (χ2n) is 5.46. The summed E-state index contributed by atoms with van der Waals surface area (Å²) in [5, 5.41) is 2.98. The minimum Gasteiger partial charge on any atom is -0.448 e. The summed E-state index contributed by atoms with van der Waals surface area (Å²) in [6, 6.07) is 5.20. The monoisotopic (exact) mass is 290 g/mol. The van der Waals surface area contributed by atoms with Crippen molar-refractivity contribution in [2.24, 2.45) is 0 Å². The standard InChI is InChI=1S/C16H22N2O3/c1-12(21-16(20)14-10-6-7-11-17-14)15(19)18-13-8-4-2-3-5-9-13/h6-7,10-13H,2-5,8-9H2,1H3,(H,18,19). The Bertz CT molecular complexity index is 468. The molecule has 1 aliphatic rings. The van der Waals surface area contributed by atoms with Crippen molar-refractivity contribution in [2.45, 2.75) is 57.6 Å². The lowest BCUT2D eigenvalue weighted by Gasteiger charge is -2.19. The minimum atomic E-state index is -0.803. The third-order valence-electron chi connectivity index (χ3n) is 3.73. The first-order valence-corrected chi connectivity index (χ1v) is 7.59. The number of ether oxygens (including phenoxy) is 1. The maximum absolute atomic E-state index is 12.1. The average Bonchev–Trinajstić information content (AvgIpc) is 2.76. The second kappa shape index (κ2) is 7.76. The molecule has 1 fully saturated rings. The fraction of sp³-hybridized carbons (Fsp3) is 0.562. The molecule has 1 saturated carbocycles. The molecule has 1 amide bonds. The van der Waals surface area contributed by atoms with Crippen LogP contribution in [0.3, 0.4) is 0 Å². The summed E-state index contributed by atoms with van der Waals surface area (Å²) in [6.45, 7) is 1.59. The average molecular weight is 290 g/mol. The van der Waals surface area contributed by atoms with Crippen LogP contribution in [0.15, 0.2) is 24.4 Å². The lowest BCUT2D eigenvalue weighted by atomic mass is 10.1. The van der Waals surface area contributed by atoms with Crippen LogP contribution < -0.4 is 5.32 Å². The molecule has 5 heteroatoms. The summed E-state index contributed by atoms with van der Waals surface area (Å²) in [6.07, 6.45) is 7.49. The van der Waals surface area contributed by atoms with E-state index >= 15 is 0 Å². The van der Waals surface area contributed by atoms with Gasteiger partial charge in [0.05, 0.1) is 0 Å². The summed E-state index contributed by atoms with van der Waals surface area (Å²) in [7, 11) is 0. The molecule has 1 heterocycles. The Labute approximate surface area is 125 Å². The van der Waals surface area contributed by atoms with E-state index in [9.17, 15) is 9.59 Å². The van der Waals surface area contributed by atoms with Crippen LogP contribution in [-0.4, -0.2) is 29.0 Å². The van der Waals surface area contributed by atoms with Gasteiger partial charge < -0.3 is 10.1 Å². The molecule has 0 spiro atoms. The molecule has 1 N–H and O–H groups in total. The first-order chi connectivity index (χ1) is 10.2. The molecular formula is C16H22N2O3. The molecule has 0 aromatic carbocycles. The zero-order valence-electron chi connectivity index (χ0n) is 12.4. The number of esters is 1. The number of amides is 1. The molecule has 0 aliphatic heterocycles. The van der Waals surface area contributed by atoms with Crippen LogP contribution in [0.4, 0.5) is 0 Å². The number of hydrogen-bond acceptors (Lipinski definition) is 4. The third-order valence-corrected chi connectivity index (χ3v) is 3.73. The Morgan fingerprint density at radius 3 is 2.57 bits per heavy atom. The lowest BCUT2D eigenvalue weighted by Crippen LogP contribution is -2.41. The van der Waals surface area contributed by atoms with Crippen LogP contribution in [0, 0.1) is 0 Å². The summed E-state index contributed by atoms with van der Waals surface area (Å²) < 4.78 is 5.16. The van der Waals surface area contributed by atoms with E-state index < -0.39 is 12.1 Å². The van der Waals surface area contributed by atoms with Crippen molar-refractivity contribution in [1.82, 2.24) is 10.3 Å². The van der Waals surface area contributed by atoms with Gasteiger partial charge >= 0.3 is 5.97 Å². The van der Waals surface area contributed by atoms with Gasteiger partial charge in [-0.25, -0.2) is 9.78 Å². The molecule has 1 unspecified atom stereocenters. The zero-order chi connectivity index (χ0) is 15.1. The van der Waals surface area contributed by atoms with E-state index in [1.807, 2.05) is 0 Å². The Morgan fingerprint density at radius 2 is 1.95 bits per heavy atom. The third kappa shape index (κ3) is 4.85. The van der Waals surface area contributed by atoms with Crippen molar-refractivity contribution >= 4 is 11.9 Å². The number of pyridine rings is 1. The minimum absolute atomic E-state index is 0.205. The fourth-order valence-electron chi connectivity index (χ4n) is 2.50. The van der Waals surface area contributed by atoms with Crippen molar-refractivity contribution < 1.29 is 14.3 Å². The first-order valence-electron chi connectivity index (χ1n) is 7.59. The van der Waals surface area contributed by atoms with Gasteiger partial charge in [0, 0.05) is 12.2 Å². The van der Waals surface area contributed by atoms with Crippen LogP contribution in [0.25, 0.3) is 0 Å². The Balaban J connectivity index is 1.83. The van der Waals surface area contributed by atoms with Crippen LogP contribution in [-0.2, 0) is 9.53 Å². The number of carbonyl (C=O) groups excluding carboxylic acids is 2. The van der Waals surface area contributed by atoms with Gasteiger partial charge in [0.1, 0.15) is 5.69 Å². The van der Waals surface area contributed by atoms with Gasteiger partial charge in [0.15, 0.2) is 6.10 Å². The Kier molecular flexibility index (Phi) is 5.72. The van der Waals surface area contributed by atoms with E-state index in [2.05, 4.69) is 10.3 Å². The van der Waals surface area contributed by atoms with Crippen molar-refractivity contribution in [1.29, 1.82) is 0 Å². The molecule has 21 heavy (non-hydrogen) atoms. The van der Waals surface area contributed by atoms with Gasteiger partial charge in [-0.2, -0.15) is 0 Å². The highest BCUT2D eigenvalue weighted by Crippen LogP contribution is 2.17. The maximum Gasteiger partial charge on any atom is 0.357 e. The van der Waals surface area contributed by atoms with Crippen molar-refractivity contribution in [3.63, 3.8) is 0 Å². The number of nitrogens with zero attached hydrogens (tertiary/aromatic N) is 1. The van der Waals surface area contributed by atoms with Crippen LogP contribution >= 0.6 is 0 Å². The van der Waals surface area contributed by atoms with Crippen LogP contribution in [0.1, 0.15) is 55.9 Å². The first kappa shape index (κ1) is 15.5. The molecule has 114 valence electrons. The summed E-state index contributed by atoms with van der Waals surface area (Å²) >= 11 is 0. The maximum atomic E-state index is 12.1. The highest BCUT2D eigenvalue weighted by Gasteiger charge is 2.22. The molecular weight excluding hydrogens is 268 g/mol. The van der Waals surface area contributed by atoms with Gasteiger partial charge in [-0.05, 0) is 31.9 Å². The largest absolute Gasteiger partial charge is 0.448 e. The van der Waals surface area contributed by atoms with E-state index in [4.69, 9.17) is 4.74 Å². The van der Waals surface area contributed by atoms with E-state index in [0.29, 0.717) is 0 Å². The predicted octanol–water partition coefficient (Wildman–Crippen LogP) is 2.47. The second-order valence-corrected chi connectivity index (χ2v) is 5.46. The van der Waals surface area contributed by atoms with Gasteiger partial charge in [-0.15, -0.1) is 0 Å². The predicted molar refractivity (Wildman–Crippen MR) is 78.7 cm³/mol. The molecule has 1 aromatic heterocycles. The molecule has 0 radical (unpaired) electrons. The molecule has 0 saturated heterocycles. The Hall–Kier alpha value is -1.91. The highest BCUT2D eigenvalue weighted by atomic mass is 16.5. The SMILES string of the molecule is CC(OC(=O)c1ccccn1)C(=O)NC1CCCCCC1.